The van der Waals surface area contributed by atoms with Crippen molar-refractivity contribution in [1.29, 1.82) is 0 Å². The van der Waals surface area contributed by atoms with Gasteiger partial charge in [0.2, 0.25) is 5.91 Å². The predicted octanol–water partition coefficient (Wildman–Crippen LogP) is 11.8. The van der Waals surface area contributed by atoms with Gasteiger partial charge in [-0.3, -0.25) is 14.4 Å². The number of epoxide rings is 1. The summed E-state index contributed by atoms with van der Waals surface area (Å²) in [6.45, 7) is 40.7. The van der Waals surface area contributed by atoms with Gasteiger partial charge in [0.25, 0.3) is 0 Å². The summed E-state index contributed by atoms with van der Waals surface area (Å²) in [7, 11) is 3.51. The van der Waals surface area contributed by atoms with Crippen LogP contribution in [0.1, 0.15) is 170 Å². The van der Waals surface area contributed by atoms with Crippen LogP contribution in [-0.4, -0.2) is 137 Å². The molecule has 0 aromatic carbocycles. The van der Waals surface area contributed by atoms with E-state index in [-0.39, 0.29) is 30.1 Å². The maximum absolute atomic E-state index is 10.5. The molecule has 2 aliphatic rings. The van der Waals surface area contributed by atoms with E-state index in [2.05, 4.69) is 18.6 Å². The summed E-state index contributed by atoms with van der Waals surface area (Å²) in [6.07, 6.45) is 25.0. The average Bonchev–Trinajstić information content (AvgIpc) is 3.99. The average molecular weight is 980 g/mol. The lowest BCUT2D eigenvalue weighted by Crippen LogP contribution is -2.21. The van der Waals surface area contributed by atoms with Crippen molar-refractivity contribution in [3.63, 3.8) is 0 Å². The van der Waals surface area contributed by atoms with Crippen molar-refractivity contribution >= 4 is 17.7 Å². The van der Waals surface area contributed by atoms with Crippen molar-refractivity contribution in [2.75, 3.05) is 73.7 Å². The fraction of sp³-hybridized carbons (Fsp3) is 0.759. The van der Waals surface area contributed by atoms with Gasteiger partial charge in [-0.1, -0.05) is 75.5 Å². The monoisotopic (exact) mass is 980 g/mol. The smallest absolute Gasteiger partial charge is 0.305 e. The molecule has 5 atom stereocenters. The van der Waals surface area contributed by atoms with E-state index < -0.39 is 6.10 Å². The number of hydrogen-bond donors (Lipinski definition) is 2. The largest absolute Gasteiger partial charge is 0.502 e. The molecule has 0 bridgehead atoms. The fourth-order valence-electron chi connectivity index (χ4n) is 3.58. The Morgan fingerprint density at radius 2 is 1.21 bits per heavy atom. The summed E-state index contributed by atoms with van der Waals surface area (Å²) < 4.78 is 39.5. The number of carbonyl (C=O) groups is 3. The second kappa shape index (κ2) is 75.3. The van der Waals surface area contributed by atoms with Gasteiger partial charge >= 0.3 is 5.97 Å². The molecule has 408 valence electrons. The highest BCUT2D eigenvalue weighted by atomic mass is 16.7. The first-order chi connectivity index (χ1) is 32.3. The number of aliphatic hydroxyl groups excluding tert-OH is 2. The van der Waals surface area contributed by atoms with E-state index in [1.165, 1.54) is 12.8 Å². The van der Waals surface area contributed by atoms with Gasteiger partial charge in [-0.25, -0.2) is 0 Å². The highest BCUT2D eigenvalue weighted by Crippen LogP contribution is 2.18. The van der Waals surface area contributed by atoms with E-state index in [0.29, 0.717) is 51.3 Å². The lowest BCUT2D eigenvalue weighted by molar-refractivity contribution is -0.159. The van der Waals surface area contributed by atoms with Crippen molar-refractivity contribution in [2.45, 2.75) is 200 Å². The molecule has 0 spiro atoms. The van der Waals surface area contributed by atoms with Gasteiger partial charge in [-0.2, -0.15) is 0 Å². The quantitative estimate of drug-likeness (QED) is 0.0238. The Bertz CT molecular complexity index is 1080. The topological polar surface area (TPSA) is 172 Å². The maximum atomic E-state index is 10.5. The summed E-state index contributed by atoms with van der Waals surface area (Å²) in [5, 5.41) is 17.1. The maximum Gasteiger partial charge on any atom is 0.305 e. The van der Waals surface area contributed by atoms with Crippen LogP contribution < -0.4 is 0 Å². The first-order valence-corrected chi connectivity index (χ1v) is 24.9. The molecule has 0 radical (unpaired) electrons. The molecule has 2 fully saturated rings. The molecule has 1 amide bonds. The number of rotatable bonds is 19. The van der Waals surface area contributed by atoms with Crippen molar-refractivity contribution in [1.82, 2.24) is 4.90 Å². The summed E-state index contributed by atoms with van der Waals surface area (Å²) in [5.74, 6) is 0.183. The lowest BCUT2D eigenvalue weighted by Gasteiger charge is -2.21. The minimum absolute atomic E-state index is 0.101. The Hall–Kier alpha value is -3.21. The van der Waals surface area contributed by atoms with Crippen LogP contribution in [0, 0.1) is 0 Å². The van der Waals surface area contributed by atoms with Crippen LogP contribution in [0.5, 0.6) is 0 Å². The van der Waals surface area contributed by atoms with Gasteiger partial charge in [-0.05, 0) is 123 Å². The molecule has 0 aliphatic carbocycles. The summed E-state index contributed by atoms with van der Waals surface area (Å²) in [5.41, 5.74) is 0. The minimum Gasteiger partial charge on any atom is -0.502 e. The number of nitrogens with zero attached hydrogens (tertiary/aromatic N) is 1. The molecule has 14 nitrogen and oxygen atoms in total. The molecule has 5 unspecified atom stereocenters. The first-order valence-electron chi connectivity index (χ1n) is 24.9. The standard InChI is InChI=1S/C7H14O2.C6H12O2.C6H12O.C6H10.C5H11NO.C5H12O2.C5H10O2.2C5H10O.C4H8O/c1-2-8-7-5-3-4-6-9-7;1-3-6(8)4-5(2)7;1-3-5-6-7-4-2;1-3-5-6-4-2;1-4-5(7)6(2)3;1-3-6-5-7-4-2;1-3-5(6)7-4-2;1-3-4-5(2)6;1-3-5-6-4-2;1-3-4(2)5-3/h7H,2-6H2,1H3;5,7H,3-4H2,1-2H3;3,5H,4,6H2,1-2H3;3-6H,1-2H3;4H2,1-3H3;3-5H2,1-2H3;3-4H2,1-2H3;3-6H,1-2H3;3,5H,4H2,1-2H3;3-4H,1-2H3. The van der Waals surface area contributed by atoms with Crippen molar-refractivity contribution < 1.29 is 62.5 Å². The summed E-state index contributed by atoms with van der Waals surface area (Å²) >= 11 is 0. The third kappa shape index (κ3) is 105. The van der Waals surface area contributed by atoms with E-state index in [0.717, 1.165) is 52.7 Å². The summed E-state index contributed by atoms with van der Waals surface area (Å²) in [6, 6.07) is 0. The molecular formula is C54H109NO13. The molecule has 2 aliphatic heterocycles. The van der Waals surface area contributed by atoms with Gasteiger partial charge in [0, 0.05) is 72.8 Å². The molecule has 2 heterocycles. The zero-order valence-corrected chi connectivity index (χ0v) is 47.3. The van der Waals surface area contributed by atoms with Gasteiger partial charge in [0.15, 0.2) is 6.29 Å². The number of ketones is 1. The highest BCUT2D eigenvalue weighted by molar-refractivity contribution is 5.78. The van der Waals surface area contributed by atoms with E-state index in [1.54, 1.807) is 66.0 Å². The zero-order chi connectivity index (χ0) is 54.2. The lowest BCUT2D eigenvalue weighted by atomic mass is 10.2. The molecule has 0 aromatic rings. The van der Waals surface area contributed by atoms with Crippen LogP contribution >= 0.6 is 0 Å². The number of hydrogen-bond acceptors (Lipinski definition) is 13. The number of amides is 1. The Balaban J connectivity index is -0.0000000984. The molecule has 68 heavy (non-hydrogen) atoms. The van der Waals surface area contributed by atoms with Crippen LogP contribution in [0.15, 0.2) is 60.9 Å². The van der Waals surface area contributed by atoms with Crippen LogP contribution in [0.25, 0.3) is 0 Å². The Morgan fingerprint density at radius 1 is 0.676 bits per heavy atom. The van der Waals surface area contributed by atoms with Gasteiger partial charge in [0.05, 0.1) is 50.5 Å². The number of allylic oxidation sites excluding steroid dienone is 7. The van der Waals surface area contributed by atoms with Gasteiger partial charge in [-0.15, -0.1) is 0 Å². The van der Waals surface area contributed by atoms with Crippen LogP contribution in [0.2, 0.25) is 0 Å². The van der Waals surface area contributed by atoms with E-state index in [9.17, 15) is 14.4 Å². The van der Waals surface area contributed by atoms with Crippen LogP contribution in [-0.2, 0) is 52.3 Å². The highest BCUT2D eigenvalue weighted by Gasteiger charge is 2.27. The molecular weight excluding hydrogens is 871 g/mol. The SMILES string of the molecule is CC1OC1C.CC=CC(C)O.CC=CC=CC.CC=CCOCC.CC=COCC.CCC(=O)CC(C)O.CCC(=O)N(C)C.CCOC(=O)CC.CCOC1CCCCO1.CCOCOCC. The second-order valence-electron chi connectivity index (χ2n) is 14.1. The van der Waals surface area contributed by atoms with Crippen molar-refractivity contribution in [3.8, 4) is 0 Å². The zero-order valence-electron chi connectivity index (χ0n) is 47.3. The Kier molecular flexibility index (Phi) is 90.5. The Labute approximate surface area is 418 Å². The van der Waals surface area contributed by atoms with Crippen molar-refractivity contribution in [2.24, 2.45) is 0 Å². The number of Topliss-reactive ketones (excluding diaryl/α,β-unsaturated/α-hetero) is 1. The normalized spacial score (nSPS) is 16.0. The Morgan fingerprint density at radius 3 is 1.41 bits per heavy atom. The number of aliphatic hydroxyl groups is 2. The molecule has 2 saturated heterocycles. The van der Waals surface area contributed by atoms with Gasteiger partial charge < -0.3 is 53.0 Å². The van der Waals surface area contributed by atoms with Gasteiger partial charge in [0.1, 0.15) is 12.6 Å². The number of esters is 1. The first kappa shape index (κ1) is 81.7. The minimum atomic E-state index is -0.470. The second-order valence-corrected chi connectivity index (χ2v) is 14.1. The molecule has 0 saturated carbocycles. The van der Waals surface area contributed by atoms with Crippen molar-refractivity contribution in [3.05, 3.63) is 60.9 Å². The van der Waals surface area contributed by atoms with E-state index in [4.69, 9.17) is 43.4 Å². The molecule has 0 aromatic heterocycles. The van der Waals surface area contributed by atoms with E-state index >= 15 is 0 Å². The van der Waals surface area contributed by atoms with Crippen LogP contribution in [0.4, 0.5) is 0 Å². The van der Waals surface area contributed by atoms with E-state index in [1.807, 2.05) is 125 Å². The number of ether oxygens (including phenoxy) is 8. The molecule has 2 N–H and O–H groups in total. The fourth-order valence-corrected chi connectivity index (χ4v) is 3.58. The third-order valence-corrected chi connectivity index (χ3v) is 7.41. The molecule has 2 rings (SSSR count). The molecule has 14 heteroatoms. The summed E-state index contributed by atoms with van der Waals surface area (Å²) in [4.78, 5) is 32.7. The predicted molar refractivity (Wildman–Crippen MR) is 285 cm³/mol. The third-order valence-electron chi connectivity index (χ3n) is 7.41. The van der Waals surface area contributed by atoms with Crippen LogP contribution in [0.3, 0.4) is 0 Å². The number of carbonyl (C=O) groups excluding carboxylic acids is 3.